The number of hydrogen-bond donors (Lipinski definition) is 1. The average Bonchev–Trinajstić information content (AvgIpc) is 2.31. The first-order valence-corrected chi connectivity index (χ1v) is 7.77. The molecule has 2 rings (SSSR count). The lowest BCUT2D eigenvalue weighted by molar-refractivity contribution is 0.0476. The first kappa shape index (κ1) is 14.3. The van der Waals surface area contributed by atoms with Gasteiger partial charge in [-0.1, -0.05) is 0 Å². The molecule has 18 heavy (non-hydrogen) atoms. The third-order valence-electron chi connectivity index (χ3n) is 3.20. The van der Waals surface area contributed by atoms with E-state index in [9.17, 15) is 4.79 Å². The fourth-order valence-corrected chi connectivity index (χ4v) is 3.07. The summed E-state index contributed by atoms with van der Waals surface area (Å²) in [7, 11) is 0. The monoisotopic (exact) mass is 422 g/mol. The third-order valence-corrected chi connectivity index (χ3v) is 4.57. The zero-order valence-corrected chi connectivity index (χ0v) is 14.2. The number of carbonyl (C=O) groups is 1. The second-order valence-corrected chi connectivity index (χ2v) is 7.17. The lowest BCUT2D eigenvalue weighted by Crippen LogP contribution is -2.59. The van der Waals surface area contributed by atoms with Crippen molar-refractivity contribution in [2.24, 2.45) is 0 Å². The number of halogens is 2. The van der Waals surface area contributed by atoms with Crippen LogP contribution in [0.4, 0.5) is 0 Å². The Morgan fingerprint density at radius 1 is 1.50 bits per heavy atom. The predicted molar refractivity (Wildman–Crippen MR) is 84.8 cm³/mol. The molecule has 1 aliphatic heterocycles. The summed E-state index contributed by atoms with van der Waals surface area (Å²) < 4.78 is 1.94. The minimum atomic E-state index is -0.143. The van der Waals surface area contributed by atoms with Gasteiger partial charge in [0.1, 0.15) is 0 Å². The highest BCUT2D eigenvalue weighted by Crippen LogP contribution is 2.25. The van der Waals surface area contributed by atoms with Crippen LogP contribution < -0.4 is 5.32 Å². The van der Waals surface area contributed by atoms with Crippen LogP contribution in [0.15, 0.2) is 22.7 Å². The molecular weight excluding hydrogens is 407 g/mol. The molecule has 98 valence electrons. The average molecular weight is 423 g/mol. The van der Waals surface area contributed by atoms with Crippen LogP contribution in [0, 0.1) is 3.57 Å². The summed E-state index contributed by atoms with van der Waals surface area (Å²) in [5.41, 5.74) is 0.604. The molecule has 0 bridgehead atoms. The number of hydrogen-bond acceptors (Lipinski definition) is 2. The Labute approximate surface area is 130 Å². The summed E-state index contributed by atoms with van der Waals surface area (Å²) in [5.74, 6) is 0.104. The van der Waals surface area contributed by atoms with Crippen molar-refractivity contribution in [3.63, 3.8) is 0 Å². The lowest BCUT2D eigenvalue weighted by Gasteiger charge is -2.43. The highest BCUT2D eigenvalue weighted by molar-refractivity contribution is 14.1. The molecule has 5 heteroatoms. The van der Waals surface area contributed by atoms with Gasteiger partial charge in [0.2, 0.25) is 0 Å². The molecule has 0 unspecified atom stereocenters. The molecule has 1 aliphatic rings. The standard InChI is InChI=1S/C13H16BrIN2O/c1-13(2)8-16-5-6-17(13)12(18)10-7-9(15)3-4-11(10)14/h3-4,7,16H,5-6,8H2,1-2H3. The third kappa shape index (κ3) is 2.88. The minimum Gasteiger partial charge on any atom is -0.331 e. The van der Waals surface area contributed by atoms with Crippen LogP contribution in [0.5, 0.6) is 0 Å². The number of rotatable bonds is 1. The van der Waals surface area contributed by atoms with Crippen molar-refractivity contribution in [2.75, 3.05) is 19.6 Å². The van der Waals surface area contributed by atoms with Gasteiger partial charge in [0.05, 0.1) is 11.1 Å². The fourth-order valence-electron chi connectivity index (χ4n) is 2.17. The maximum atomic E-state index is 12.7. The second kappa shape index (κ2) is 5.46. The van der Waals surface area contributed by atoms with E-state index in [4.69, 9.17) is 0 Å². The van der Waals surface area contributed by atoms with E-state index in [2.05, 4.69) is 57.7 Å². The van der Waals surface area contributed by atoms with E-state index in [1.54, 1.807) is 0 Å². The zero-order valence-electron chi connectivity index (χ0n) is 10.5. The summed E-state index contributed by atoms with van der Waals surface area (Å²) in [4.78, 5) is 14.6. The number of carbonyl (C=O) groups excluding carboxylic acids is 1. The SMILES string of the molecule is CC1(C)CNCCN1C(=O)c1cc(I)ccc1Br. The van der Waals surface area contributed by atoms with E-state index in [0.717, 1.165) is 33.2 Å². The maximum Gasteiger partial charge on any atom is 0.255 e. The van der Waals surface area contributed by atoms with Gasteiger partial charge in [0, 0.05) is 27.7 Å². The molecule has 0 atom stereocenters. The van der Waals surface area contributed by atoms with Crippen LogP contribution in [-0.2, 0) is 0 Å². The Morgan fingerprint density at radius 3 is 2.89 bits per heavy atom. The van der Waals surface area contributed by atoms with Gasteiger partial charge in [0.15, 0.2) is 0 Å². The summed E-state index contributed by atoms with van der Waals surface area (Å²) in [6.07, 6.45) is 0. The van der Waals surface area contributed by atoms with Crippen LogP contribution in [0.1, 0.15) is 24.2 Å². The molecule has 3 nitrogen and oxygen atoms in total. The van der Waals surface area contributed by atoms with Gasteiger partial charge in [-0.2, -0.15) is 0 Å². The molecule has 0 aliphatic carbocycles. The summed E-state index contributed by atoms with van der Waals surface area (Å²) in [6, 6.07) is 5.86. The maximum absolute atomic E-state index is 12.7. The van der Waals surface area contributed by atoms with Gasteiger partial charge >= 0.3 is 0 Å². The fraction of sp³-hybridized carbons (Fsp3) is 0.462. The Bertz CT molecular complexity index is 476. The number of piperazine rings is 1. The largest absolute Gasteiger partial charge is 0.331 e. The van der Waals surface area contributed by atoms with Gasteiger partial charge in [0.25, 0.3) is 5.91 Å². The molecule has 0 radical (unpaired) electrons. The van der Waals surface area contributed by atoms with Gasteiger partial charge in [-0.25, -0.2) is 0 Å². The van der Waals surface area contributed by atoms with Crippen LogP contribution in [0.25, 0.3) is 0 Å². The molecule has 0 aromatic heterocycles. The van der Waals surface area contributed by atoms with Crippen molar-refractivity contribution < 1.29 is 4.79 Å². The van der Waals surface area contributed by atoms with Crippen LogP contribution in [0.2, 0.25) is 0 Å². The number of nitrogens with one attached hydrogen (secondary N) is 1. The molecule has 1 amide bonds. The van der Waals surface area contributed by atoms with Crippen molar-refractivity contribution >= 4 is 44.4 Å². The van der Waals surface area contributed by atoms with Crippen molar-refractivity contribution in [2.45, 2.75) is 19.4 Å². The Morgan fingerprint density at radius 2 is 2.22 bits per heavy atom. The minimum absolute atomic E-state index is 0.104. The number of benzene rings is 1. The van der Waals surface area contributed by atoms with Crippen molar-refractivity contribution in [1.29, 1.82) is 0 Å². The Balaban J connectivity index is 2.33. The lowest BCUT2D eigenvalue weighted by atomic mass is 9.99. The highest BCUT2D eigenvalue weighted by Gasteiger charge is 2.34. The normalized spacial score (nSPS) is 18.8. The van der Waals surface area contributed by atoms with Crippen molar-refractivity contribution in [3.8, 4) is 0 Å². The first-order valence-electron chi connectivity index (χ1n) is 5.89. The van der Waals surface area contributed by atoms with Gasteiger partial charge in [-0.15, -0.1) is 0 Å². The molecule has 1 aromatic rings. The molecule has 0 spiro atoms. The van der Waals surface area contributed by atoms with Crippen molar-refractivity contribution in [1.82, 2.24) is 10.2 Å². The molecule has 1 fully saturated rings. The molecule has 1 heterocycles. The molecule has 1 saturated heterocycles. The second-order valence-electron chi connectivity index (χ2n) is 5.07. The van der Waals surface area contributed by atoms with Crippen molar-refractivity contribution in [3.05, 3.63) is 31.8 Å². The summed E-state index contributed by atoms with van der Waals surface area (Å²) in [6.45, 7) is 6.64. The van der Waals surface area contributed by atoms with E-state index in [-0.39, 0.29) is 11.4 Å². The molecule has 1 aromatic carbocycles. The topological polar surface area (TPSA) is 32.3 Å². The van der Waals surface area contributed by atoms with E-state index in [1.165, 1.54) is 0 Å². The number of nitrogens with zero attached hydrogens (tertiary/aromatic N) is 1. The van der Waals surface area contributed by atoms with E-state index < -0.39 is 0 Å². The highest BCUT2D eigenvalue weighted by atomic mass is 127. The van der Waals surface area contributed by atoms with E-state index in [0.29, 0.717) is 0 Å². The smallest absolute Gasteiger partial charge is 0.255 e. The quantitative estimate of drug-likeness (QED) is 0.706. The van der Waals surface area contributed by atoms with Gasteiger partial charge in [-0.3, -0.25) is 4.79 Å². The summed E-state index contributed by atoms with van der Waals surface area (Å²) in [5, 5.41) is 3.33. The predicted octanol–water partition coefficient (Wildman–Crippen LogP) is 2.88. The van der Waals surface area contributed by atoms with Gasteiger partial charge in [-0.05, 0) is 70.6 Å². The Kier molecular flexibility index (Phi) is 4.33. The van der Waals surface area contributed by atoms with Crippen LogP contribution in [-0.4, -0.2) is 36.0 Å². The van der Waals surface area contributed by atoms with Gasteiger partial charge < -0.3 is 10.2 Å². The molecular formula is C13H16BrIN2O. The van der Waals surface area contributed by atoms with Crippen LogP contribution >= 0.6 is 38.5 Å². The number of amides is 1. The van der Waals surface area contributed by atoms with E-state index in [1.807, 2.05) is 23.1 Å². The first-order chi connectivity index (χ1) is 8.42. The summed E-state index contributed by atoms with van der Waals surface area (Å²) >= 11 is 5.70. The van der Waals surface area contributed by atoms with E-state index >= 15 is 0 Å². The zero-order chi connectivity index (χ0) is 13.3. The molecule has 0 saturated carbocycles. The molecule has 1 N–H and O–H groups in total. The van der Waals surface area contributed by atoms with Crippen LogP contribution in [0.3, 0.4) is 0 Å². The Hall–Kier alpha value is -0.140.